The minimum absolute atomic E-state index is 0.115. The summed E-state index contributed by atoms with van der Waals surface area (Å²) in [5, 5.41) is 9.46. The largest absolute Gasteiger partial charge is 0.435 e. The maximum absolute atomic E-state index is 8.84. The lowest BCUT2D eigenvalue weighted by Gasteiger charge is -2.09. The highest BCUT2D eigenvalue weighted by Gasteiger charge is 2.11. The molecule has 0 spiro atoms. The number of benzene rings is 1. The molecule has 1 heterocycles. The van der Waals surface area contributed by atoms with Gasteiger partial charge < -0.3 is 10.5 Å². The number of nitrogen functional groups attached to an aromatic ring is 1. The number of anilines is 1. The first-order chi connectivity index (χ1) is 8.61. The van der Waals surface area contributed by atoms with Crippen molar-refractivity contribution in [1.82, 2.24) is 4.98 Å². The summed E-state index contributed by atoms with van der Waals surface area (Å²) in [7, 11) is 0. The van der Waals surface area contributed by atoms with Gasteiger partial charge in [-0.2, -0.15) is 5.26 Å². The molecule has 0 saturated heterocycles. The van der Waals surface area contributed by atoms with Crippen LogP contribution in [-0.4, -0.2) is 4.98 Å². The molecule has 2 aromatic rings. The lowest BCUT2D eigenvalue weighted by atomic mass is 10.3. The van der Waals surface area contributed by atoms with E-state index in [9.17, 15) is 0 Å². The van der Waals surface area contributed by atoms with E-state index in [2.05, 4.69) is 4.98 Å². The molecule has 0 bridgehead atoms. The standard InChI is InChI=1S/C12H7Cl2N3O/c13-8-1-2-9(16)10(5-8)18-12-11(14)7(6-15)3-4-17-12/h1-5H,16H2. The van der Waals surface area contributed by atoms with Gasteiger partial charge in [0.25, 0.3) is 0 Å². The molecule has 0 radical (unpaired) electrons. The van der Waals surface area contributed by atoms with Crippen LogP contribution in [0.2, 0.25) is 10.0 Å². The Hall–Kier alpha value is -1.96. The van der Waals surface area contributed by atoms with Crippen molar-refractivity contribution in [2.45, 2.75) is 0 Å². The molecule has 1 aromatic carbocycles. The molecule has 1 aromatic heterocycles. The van der Waals surface area contributed by atoms with Crippen LogP contribution in [-0.2, 0) is 0 Å². The number of pyridine rings is 1. The van der Waals surface area contributed by atoms with Crippen LogP contribution >= 0.6 is 23.2 Å². The molecule has 2 rings (SSSR count). The molecule has 0 aliphatic carbocycles. The molecule has 18 heavy (non-hydrogen) atoms. The first kappa shape index (κ1) is 12.5. The van der Waals surface area contributed by atoms with Crippen molar-refractivity contribution in [3.05, 3.63) is 46.1 Å². The third kappa shape index (κ3) is 2.48. The number of hydrogen-bond acceptors (Lipinski definition) is 4. The Bertz CT molecular complexity index is 638. The summed E-state index contributed by atoms with van der Waals surface area (Å²) >= 11 is 11.8. The van der Waals surface area contributed by atoms with Gasteiger partial charge in [0.1, 0.15) is 11.1 Å². The fourth-order valence-corrected chi connectivity index (χ4v) is 1.64. The zero-order chi connectivity index (χ0) is 13.1. The Kier molecular flexibility index (Phi) is 3.56. The third-order valence-electron chi connectivity index (χ3n) is 2.16. The molecule has 6 heteroatoms. The van der Waals surface area contributed by atoms with E-state index in [1.165, 1.54) is 12.3 Å². The Labute approximate surface area is 114 Å². The van der Waals surface area contributed by atoms with Crippen LogP contribution in [0, 0.1) is 11.3 Å². The maximum atomic E-state index is 8.84. The van der Waals surface area contributed by atoms with Gasteiger partial charge in [0.2, 0.25) is 5.88 Å². The van der Waals surface area contributed by atoms with Crippen molar-refractivity contribution in [3.63, 3.8) is 0 Å². The fourth-order valence-electron chi connectivity index (χ4n) is 1.28. The van der Waals surface area contributed by atoms with Crippen molar-refractivity contribution in [3.8, 4) is 17.7 Å². The summed E-state index contributed by atoms with van der Waals surface area (Å²) in [6.45, 7) is 0. The van der Waals surface area contributed by atoms with Gasteiger partial charge in [-0.15, -0.1) is 0 Å². The van der Waals surface area contributed by atoms with Gasteiger partial charge in [-0.25, -0.2) is 4.98 Å². The van der Waals surface area contributed by atoms with Gasteiger partial charge in [-0.3, -0.25) is 0 Å². The quantitative estimate of drug-likeness (QED) is 0.852. The zero-order valence-corrected chi connectivity index (χ0v) is 10.5. The number of nitrogens with two attached hydrogens (primary N) is 1. The van der Waals surface area contributed by atoms with Gasteiger partial charge in [0.05, 0.1) is 11.3 Å². The van der Waals surface area contributed by atoms with Crippen LogP contribution in [0.25, 0.3) is 0 Å². The van der Waals surface area contributed by atoms with Crippen molar-refractivity contribution >= 4 is 28.9 Å². The van der Waals surface area contributed by atoms with Crippen LogP contribution in [0.4, 0.5) is 5.69 Å². The summed E-state index contributed by atoms with van der Waals surface area (Å²) in [6.07, 6.45) is 1.43. The molecule has 0 saturated carbocycles. The van der Waals surface area contributed by atoms with Crippen LogP contribution in [0.1, 0.15) is 5.56 Å². The van der Waals surface area contributed by atoms with Crippen molar-refractivity contribution in [2.75, 3.05) is 5.73 Å². The second-order valence-corrected chi connectivity index (χ2v) is 4.19. The summed E-state index contributed by atoms with van der Waals surface area (Å²) in [6, 6.07) is 8.24. The van der Waals surface area contributed by atoms with E-state index in [0.29, 0.717) is 16.5 Å². The summed E-state index contributed by atoms with van der Waals surface area (Å²) in [4.78, 5) is 3.95. The highest BCUT2D eigenvalue weighted by molar-refractivity contribution is 6.33. The molecule has 2 N–H and O–H groups in total. The topological polar surface area (TPSA) is 71.9 Å². The molecule has 0 aliphatic rings. The van der Waals surface area contributed by atoms with Gasteiger partial charge in [-0.05, 0) is 18.2 Å². The maximum Gasteiger partial charge on any atom is 0.239 e. The Morgan fingerprint density at radius 3 is 2.78 bits per heavy atom. The van der Waals surface area contributed by atoms with E-state index >= 15 is 0 Å². The summed E-state index contributed by atoms with van der Waals surface area (Å²) in [5.41, 5.74) is 6.42. The summed E-state index contributed by atoms with van der Waals surface area (Å²) < 4.78 is 5.46. The van der Waals surface area contributed by atoms with Gasteiger partial charge >= 0.3 is 0 Å². The second kappa shape index (κ2) is 5.13. The summed E-state index contributed by atoms with van der Waals surface area (Å²) in [5.74, 6) is 0.455. The Morgan fingerprint density at radius 1 is 1.28 bits per heavy atom. The van der Waals surface area contributed by atoms with Crippen LogP contribution in [0.5, 0.6) is 11.6 Å². The van der Waals surface area contributed by atoms with E-state index in [0.717, 1.165) is 0 Å². The molecular weight excluding hydrogens is 273 g/mol. The predicted molar refractivity (Wildman–Crippen MR) is 69.9 cm³/mol. The fraction of sp³-hybridized carbons (Fsp3) is 0. The Balaban J connectivity index is 2.41. The lowest BCUT2D eigenvalue weighted by molar-refractivity contribution is 0.465. The van der Waals surface area contributed by atoms with Gasteiger partial charge in [-0.1, -0.05) is 23.2 Å². The lowest BCUT2D eigenvalue weighted by Crippen LogP contribution is -1.95. The molecule has 4 nitrogen and oxygen atoms in total. The van der Waals surface area contributed by atoms with E-state index in [1.54, 1.807) is 18.2 Å². The molecule has 0 unspecified atom stereocenters. The van der Waals surface area contributed by atoms with Gasteiger partial charge in [0.15, 0.2) is 5.75 Å². The minimum Gasteiger partial charge on any atom is -0.435 e. The van der Waals surface area contributed by atoms with Crippen LogP contribution in [0.15, 0.2) is 30.5 Å². The molecule has 0 fully saturated rings. The number of rotatable bonds is 2. The van der Waals surface area contributed by atoms with Crippen molar-refractivity contribution < 1.29 is 4.74 Å². The van der Waals surface area contributed by atoms with Gasteiger partial charge in [0, 0.05) is 17.3 Å². The first-order valence-electron chi connectivity index (χ1n) is 4.89. The Morgan fingerprint density at radius 2 is 2.06 bits per heavy atom. The molecular formula is C12H7Cl2N3O. The number of nitrogens with zero attached hydrogens (tertiary/aromatic N) is 2. The molecule has 0 amide bonds. The number of hydrogen-bond donors (Lipinski definition) is 1. The first-order valence-corrected chi connectivity index (χ1v) is 5.65. The second-order valence-electron chi connectivity index (χ2n) is 3.37. The highest BCUT2D eigenvalue weighted by atomic mass is 35.5. The molecule has 90 valence electrons. The van der Waals surface area contributed by atoms with Crippen LogP contribution < -0.4 is 10.5 Å². The average molecular weight is 280 g/mol. The smallest absolute Gasteiger partial charge is 0.239 e. The number of halogens is 2. The average Bonchev–Trinajstić information content (AvgIpc) is 2.36. The van der Waals surface area contributed by atoms with E-state index in [1.807, 2.05) is 6.07 Å². The van der Waals surface area contributed by atoms with E-state index < -0.39 is 0 Å². The van der Waals surface area contributed by atoms with Crippen molar-refractivity contribution in [2.24, 2.45) is 0 Å². The van der Waals surface area contributed by atoms with E-state index in [-0.39, 0.29) is 16.5 Å². The third-order valence-corrected chi connectivity index (χ3v) is 2.76. The number of nitriles is 1. The van der Waals surface area contributed by atoms with Crippen molar-refractivity contribution in [1.29, 1.82) is 5.26 Å². The zero-order valence-electron chi connectivity index (χ0n) is 9.02. The molecule has 0 atom stereocenters. The monoisotopic (exact) mass is 279 g/mol. The minimum atomic E-state index is 0.115. The molecule has 0 aliphatic heterocycles. The van der Waals surface area contributed by atoms with E-state index in [4.69, 9.17) is 38.9 Å². The normalized spacial score (nSPS) is 9.83. The SMILES string of the molecule is N#Cc1ccnc(Oc2cc(Cl)ccc2N)c1Cl. The van der Waals surface area contributed by atoms with Crippen LogP contribution in [0.3, 0.4) is 0 Å². The number of aromatic nitrogens is 1. The predicted octanol–water partition coefficient (Wildman–Crippen LogP) is 3.63. The number of ether oxygens (including phenoxy) is 1. The highest BCUT2D eigenvalue weighted by Crippen LogP contribution is 2.33.